The monoisotopic (exact) mass is 618 g/mol. The van der Waals surface area contributed by atoms with Gasteiger partial charge in [-0.1, -0.05) is 43.3 Å². The fraction of sp³-hybridized carbons (Fsp3) is 0.387. The van der Waals surface area contributed by atoms with Crippen molar-refractivity contribution in [1.82, 2.24) is 23.2 Å². The number of aromatic nitrogens is 2. The zero-order chi connectivity index (χ0) is 30.1. The van der Waals surface area contributed by atoms with E-state index in [9.17, 15) is 23.3 Å². The van der Waals surface area contributed by atoms with Crippen LogP contribution in [0.25, 0.3) is 11.0 Å². The number of likely N-dealkylation sites (tertiary alicyclic amines) is 1. The molecule has 2 aliphatic rings. The second-order valence-electron chi connectivity index (χ2n) is 11.1. The molecule has 0 saturated carbocycles. The highest BCUT2D eigenvalue weighted by Crippen LogP contribution is 2.30. The van der Waals surface area contributed by atoms with Crippen LogP contribution in [-0.2, 0) is 14.8 Å². The van der Waals surface area contributed by atoms with Gasteiger partial charge in [-0.15, -0.1) is 11.3 Å². The van der Waals surface area contributed by atoms with E-state index in [0.29, 0.717) is 18.7 Å². The maximum absolute atomic E-state index is 14.5. The summed E-state index contributed by atoms with van der Waals surface area (Å²) in [6.07, 6.45) is 1.97. The number of amides is 1. The highest BCUT2D eigenvalue weighted by Gasteiger charge is 2.38. The van der Waals surface area contributed by atoms with Crippen molar-refractivity contribution >= 4 is 38.3 Å². The molecule has 0 radical (unpaired) electrons. The molecule has 2 fully saturated rings. The minimum atomic E-state index is -4.26. The number of fused-ring (bicyclic) bond motifs is 1. The molecule has 2 aliphatic heterocycles. The highest BCUT2D eigenvalue weighted by atomic mass is 32.2. The Morgan fingerprint density at radius 3 is 2.47 bits per heavy atom. The van der Waals surface area contributed by atoms with Crippen LogP contribution in [0.2, 0.25) is 0 Å². The number of imidazole rings is 1. The Kier molecular flexibility index (Phi) is 8.24. The first-order chi connectivity index (χ1) is 20.8. The number of hydrogen-bond donors (Lipinski definition) is 0. The van der Waals surface area contributed by atoms with Crippen LogP contribution in [0.15, 0.2) is 75.0 Å². The zero-order valence-electron chi connectivity index (χ0n) is 24.0. The van der Waals surface area contributed by atoms with Crippen molar-refractivity contribution in [2.75, 3.05) is 45.8 Å². The molecular formula is C31H34N6O4S2. The van der Waals surface area contributed by atoms with Gasteiger partial charge in [-0.05, 0) is 54.6 Å². The maximum atomic E-state index is 14.5. The number of benzene rings is 2. The second-order valence-corrected chi connectivity index (χ2v) is 14.0. The molecule has 12 heteroatoms. The van der Waals surface area contributed by atoms with Gasteiger partial charge in [0.1, 0.15) is 10.3 Å². The summed E-state index contributed by atoms with van der Waals surface area (Å²) in [4.78, 5) is 35.5. The van der Waals surface area contributed by atoms with Crippen LogP contribution in [0.1, 0.15) is 36.9 Å². The van der Waals surface area contributed by atoms with Gasteiger partial charge in [-0.2, -0.15) is 17.7 Å². The lowest BCUT2D eigenvalue weighted by Crippen LogP contribution is -2.51. The van der Waals surface area contributed by atoms with Gasteiger partial charge in [-0.25, -0.2) is 4.79 Å². The third-order valence-electron chi connectivity index (χ3n) is 8.50. The Morgan fingerprint density at radius 2 is 1.79 bits per heavy atom. The average molecular weight is 619 g/mol. The highest BCUT2D eigenvalue weighted by molar-refractivity contribution is 7.92. The number of piperazine rings is 1. The molecule has 10 nitrogen and oxygen atoms in total. The quantitative estimate of drug-likeness (QED) is 0.298. The lowest BCUT2D eigenvalue weighted by Gasteiger charge is -2.38. The Bertz CT molecular complexity index is 1820. The number of nitriles is 1. The predicted octanol–water partition coefficient (Wildman–Crippen LogP) is 3.19. The van der Waals surface area contributed by atoms with Crippen LogP contribution >= 0.6 is 11.3 Å². The Morgan fingerprint density at radius 1 is 1.02 bits per heavy atom. The van der Waals surface area contributed by atoms with Gasteiger partial charge < -0.3 is 9.80 Å². The minimum Gasteiger partial charge on any atom is -0.339 e. The number of hydrogen-bond acceptors (Lipinski definition) is 8. The fourth-order valence-electron chi connectivity index (χ4n) is 6.36. The summed E-state index contributed by atoms with van der Waals surface area (Å²) in [5, 5.41) is 11.3. The molecule has 2 aromatic heterocycles. The molecule has 224 valence electrons. The Labute approximate surface area is 255 Å². The minimum absolute atomic E-state index is 0.0158. The van der Waals surface area contributed by atoms with Crippen LogP contribution in [0.5, 0.6) is 0 Å². The standard InChI is InChI=1S/C31H34N6O4S2/c1-2-13-33-15-17-34(18-16-33)25-12-14-35(22-25)30(38)29(24-7-4-3-5-8-24)36-27-20-23(21-32)10-11-26(27)37(31(36)39)43(40,41)28-9-6-19-42-28/h3-11,19-20,25,29H,2,12-18,22H2,1H3. The SMILES string of the molecule is CCCN1CCN(C2CCN(C(=O)C(c3ccccc3)n3c(=O)n(S(=O)(=O)c4cccs4)c4ccc(C#N)cc43)C2)CC1. The number of rotatable bonds is 8. The average Bonchev–Trinajstić information content (AvgIpc) is 3.79. The third-order valence-corrected chi connectivity index (χ3v) is 11.6. The molecule has 2 atom stereocenters. The summed E-state index contributed by atoms with van der Waals surface area (Å²) >= 11 is 1.01. The molecule has 2 aromatic carbocycles. The van der Waals surface area contributed by atoms with Crippen molar-refractivity contribution in [3.63, 3.8) is 0 Å². The van der Waals surface area contributed by atoms with E-state index in [0.717, 1.165) is 60.9 Å². The van der Waals surface area contributed by atoms with Gasteiger partial charge in [-0.3, -0.25) is 14.3 Å². The summed E-state index contributed by atoms with van der Waals surface area (Å²) in [6, 6.07) is 17.7. The Hall–Kier alpha value is -3.76. The molecule has 0 spiro atoms. The maximum Gasteiger partial charge on any atom is 0.344 e. The summed E-state index contributed by atoms with van der Waals surface area (Å²) < 4.78 is 29.6. The zero-order valence-corrected chi connectivity index (χ0v) is 25.6. The van der Waals surface area contributed by atoms with E-state index in [1.165, 1.54) is 28.8 Å². The lowest BCUT2D eigenvalue weighted by molar-refractivity contribution is -0.132. The van der Waals surface area contributed by atoms with Crippen LogP contribution in [0.3, 0.4) is 0 Å². The van der Waals surface area contributed by atoms with Crippen molar-refractivity contribution in [2.24, 2.45) is 0 Å². The van der Waals surface area contributed by atoms with Crippen LogP contribution in [0, 0.1) is 11.3 Å². The van der Waals surface area contributed by atoms with Gasteiger partial charge in [0, 0.05) is 45.3 Å². The van der Waals surface area contributed by atoms with Crippen molar-refractivity contribution in [1.29, 1.82) is 5.26 Å². The number of carbonyl (C=O) groups is 1. The second kappa shape index (κ2) is 12.1. The molecule has 4 aromatic rings. The first-order valence-electron chi connectivity index (χ1n) is 14.6. The topological polar surface area (TPSA) is 112 Å². The molecule has 43 heavy (non-hydrogen) atoms. The van der Waals surface area contributed by atoms with E-state index in [4.69, 9.17) is 0 Å². The first-order valence-corrected chi connectivity index (χ1v) is 16.9. The van der Waals surface area contributed by atoms with Crippen LogP contribution in [-0.4, -0.2) is 89.4 Å². The van der Waals surface area contributed by atoms with Gasteiger partial charge in [0.15, 0.2) is 0 Å². The van der Waals surface area contributed by atoms with E-state index in [-0.39, 0.29) is 32.8 Å². The normalized spacial score (nSPS) is 19.1. The number of nitrogens with zero attached hydrogens (tertiary/aromatic N) is 6. The van der Waals surface area contributed by atoms with Crippen molar-refractivity contribution in [2.45, 2.75) is 36.1 Å². The number of carbonyl (C=O) groups excluding carboxylic acids is 1. The van der Waals surface area contributed by atoms with Gasteiger partial charge in [0.05, 0.1) is 22.7 Å². The molecule has 2 saturated heterocycles. The van der Waals surface area contributed by atoms with Crippen molar-refractivity contribution < 1.29 is 13.2 Å². The molecule has 0 N–H and O–H groups in total. The van der Waals surface area contributed by atoms with Gasteiger partial charge >= 0.3 is 5.69 Å². The summed E-state index contributed by atoms with van der Waals surface area (Å²) in [5.41, 5.74) is 0.323. The molecule has 1 amide bonds. The van der Waals surface area contributed by atoms with E-state index in [2.05, 4.69) is 22.8 Å². The number of thiophene rings is 1. The van der Waals surface area contributed by atoms with Crippen molar-refractivity contribution in [3.05, 3.63) is 87.7 Å². The summed E-state index contributed by atoms with van der Waals surface area (Å²) in [5.74, 6) is -0.268. The first kappa shape index (κ1) is 29.3. The molecule has 0 bridgehead atoms. The third kappa shape index (κ3) is 5.42. The van der Waals surface area contributed by atoms with Gasteiger partial charge in [0.2, 0.25) is 0 Å². The van der Waals surface area contributed by atoms with Crippen molar-refractivity contribution in [3.8, 4) is 6.07 Å². The van der Waals surface area contributed by atoms with E-state index in [1.807, 2.05) is 6.07 Å². The lowest BCUT2D eigenvalue weighted by atomic mass is 10.0. The van der Waals surface area contributed by atoms with E-state index < -0.39 is 21.8 Å². The molecule has 6 rings (SSSR count). The predicted molar refractivity (Wildman–Crippen MR) is 166 cm³/mol. The van der Waals surface area contributed by atoms with Crippen LogP contribution < -0.4 is 5.69 Å². The summed E-state index contributed by atoms with van der Waals surface area (Å²) in [6.45, 7) is 8.32. The summed E-state index contributed by atoms with van der Waals surface area (Å²) in [7, 11) is -4.26. The largest absolute Gasteiger partial charge is 0.344 e. The van der Waals surface area contributed by atoms with Gasteiger partial charge in [0.25, 0.3) is 15.9 Å². The van der Waals surface area contributed by atoms with E-state index >= 15 is 0 Å². The van der Waals surface area contributed by atoms with E-state index in [1.54, 1.807) is 40.6 Å². The fourth-order valence-corrected chi connectivity index (χ4v) is 8.82. The molecule has 4 heterocycles. The smallest absolute Gasteiger partial charge is 0.339 e. The van der Waals surface area contributed by atoms with Crippen LogP contribution in [0.4, 0.5) is 0 Å². The molecular weight excluding hydrogens is 585 g/mol. The molecule has 0 aliphatic carbocycles. The Balaban J connectivity index is 1.42. The molecule has 2 unspecified atom stereocenters.